The van der Waals surface area contributed by atoms with Gasteiger partial charge in [-0.05, 0) is 20.3 Å². The molecule has 0 radical (unpaired) electrons. The summed E-state index contributed by atoms with van der Waals surface area (Å²) in [5, 5.41) is -0.428. The van der Waals surface area contributed by atoms with Crippen molar-refractivity contribution in [2.75, 3.05) is 0 Å². The van der Waals surface area contributed by atoms with Gasteiger partial charge < -0.3 is 4.74 Å². The Kier molecular flexibility index (Phi) is 1.72. The molecule has 0 saturated carbocycles. The molecule has 2 aliphatic rings. The lowest BCUT2D eigenvalue weighted by molar-refractivity contribution is 0.00761. The van der Waals surface area contributed by atoms with E-state index >= 15 is 0 Å². The normalized spacial score (nSPS) is 50.8. The van der Waals surface area contributed by atoms with Crippen LogP contribution >= 0.6 is 0 Å². The van der Waals surface area contributed by atoms with Gasteiger partial charge in [0.1, 0.15) is 17.5 Å². The predicted octanol–water partition coefficient (Wildman–Crippen LogP) is 0.281. The molecule has 0 aromatic rings. The zero-order valence-corrected chi connectivity index (χ0v) is 7.87. The summed E-state index contributed by atoms with van der Waals surface area (Å²) in [7, 11) is -3.33. The van der Waals surface area contributed by atoms with Crippen molar-refractivity contribution in [1.82, 2.24) is 0 Å². The highest BCUT2D eigenvalue weighted by Crippen LogP contribution is 2.36. The molecule has 2 aliphatic heterocycles. The highest BCUT2D eigenvalue weighted by atomic mass is 32.2. The second kappa shape index (κ2) is 2.43. The standard InChI is InChI=1S/C7H12O4S/c1-4-3-6-7(10-4)5(2)11-12(6,8)9/h4-7H,3H2,1-2H3. The number of hydrogen-bond acceptors (Lipinski definition) is 4. The van der Waals surface area contributed by atoms with E-state index in [4.69, 9.17) is 8.92 Å². The molecular weight excluding hydrogens is 180 g/mol. The number of fused-ring (bicyclic) bond motifs is 1. The topological polar surface area (TPSA) is 52.6 Å². The van der Waals surface area contributed by atoms with Crippen LogP contribution < -0.4 is 0 Å². The molecular formula is C7H12O4S. The van der Waals surface area contributed by atoms with E-state index in [1.54, 1.807) is 6.92 Å². The van der Waals surface area contributed by atoms with Crippen LogP contribution in [0.15, 0.2) is 0 Å². The minimum Gasteiger partial charge on any atom is -0.371 e. The maximum absolute atomic E-state index is 11.3. The van der Waals surface area contributed by atoms with Crippen LogP contribution in [0.4, 0.5) is 0 Å². The molecule has 2 heterocycles. The Morgan fingerprint density at radius 1 is 1.33 bits per heavy atom. The van der Waals surface area contributed by atoms with Crippen molar-refractivity contribution >= 4 is 10.1 Å². The first-order valence-electron chi connectivity index (χ1n) is 4.08. The van der Waals surface area contributed by atoms with Crippen LogP contribution in [0.1, 0.15) is 20.3 Å². The van der Waals surface area contributed by atoms with E-state index < -0.39 is 15.4 Å². The molecule has 12 heavy (non-hydrogen) atoms. The van der Waals surface area contributed by atoms with Crippen molar-refractivity contribution in [2.45, 2.75) is 43.8 Å². The van der Waals surface area contributed by atoms with Gasteiger partial charge in [0.2, 0.25) is 0 Å². The van der Waals surface area contributed by atoms with Gasteiger partial charge in [0.05, 0.1) is 6.10 Å². The fourth-order valence-corrected chi connectivity index (χ4v) is 3.70. The van der Waals surface area contributed by atoms with Crippen LogP contribution in [0.25, 0.3) is 0 Å². The lowest BCUT2D eigenvalue weighted by Gasteiger charge is -2.10. The van der Waals surface area contributed by atoms with Gasteiger partial charge in [0.15, 0.2) is 0 Å². The number of rotatable bonds is 0. The molecule has 70 valence electrons. The molecule has 0 amide bonds. The first kappa shape index (κ1) is 8.47. The van der Waals surface area contributed by atoms with E-state index in [-0.39, 0.29) is 18.3 Å². The van der Waals surface area contributed by atoms with Gasteiger partial charge in [0.25, 0.3) is 10.1 Å². The van der Waals surface area contributed by atoms with Crippen LogP contribution in [0.5, 0.6) is 0 Å². The smallest absolute Gasteiger partial charge is 0.273 e. The Hall–Kier alpha value is -0.130. The molecule has 4 atom stereocenters. The molecule has 2 rings (SSSR count). The zero-order chi connectivity index (χ0) is 8.93. The Labute approximate surface area is 72.0 Å². The van der Waals surface area contributed by atoms with Crippen molar-refractivity contribution in [3.8, 4) is 0 Å². The summed E-state index contributed by atoms with van der Waals surface area (Å²) in [6.45, 7) is 3.63. The zero-order valence-electron chi connectivity index (χ0n) is 7.06. The largest absolute Gasteiger partial charge is 0.371 e. The predicted molar refractivity (Wildman–Crippen MR) is 42.2 cm³/mol. The third-order valence-electron chi connectivity index (χ3n) is 2.44. The first-order valence-corrected chi connectivity index (χ1v) is 5.55. The van der Waals surface area contributed by atoms with Gasteiger partial charge in [-0.15, -0.1) is 0 Å². The van der Waals surface area contributed by atoms with Crippen molar-refractivity contribution in [1.29, 1.82) is 0 Å². The quantitative estimate of drug-likeness (QED) is 0.517. The Morgan fingerprint density at radius 2 is 2.00 bits per heavy atom. The van der Waals surface area contributed by atoms with Gasteiger partial charge >= 0.3 is 0 Å². The summed E-state index contributed by atoms with van der Waals surface area (Å²) in [6.07, 6.45) is 0.0493. The molecule has 0 bridgehead atoms. The van der Waals surface area contributed by atoms with Gasteiger partial charge in [-0.3, -0.25) is 4.18 Å². The van der Waals surface area contributed by atoms with Gasteiger partial charge in [0, 0.05) is 0 Å². The Balaban J connectivity index is 2.31. The molecule has 2 fully saturated rings. The van der Waals surface area contributed by atoms with Gasteiger partial charge in [-0.1, -0.05) is 0 Å². The summed E-state index contributed by atoms with van der Waals surface area (Å²) in [6, 6.07) is 0. The van der Waals surface area contributed by atoms with Crippen LogP contribution in [0.3, 0.4) is 0 Å². The first-order chi connectivity index (χ1) is 5.50. The van der Waals surface area contributed by atoms with Crippen molar-refractivity contribution < 1.29 is 17.3 Å². The number of ether oxygens (including phenoxy) is 1. The SMILES string of the molecule is CC1CC2C(O1)C(C)OS2(=O)=O. The molecule has 0 aromatic carbocycles. The molecule has 0 N–H and O–H groups in total. The molecule has 0 spiro atoms. The molecule has 0 aromatic heterocycles. The summed E-state index contributed by atoms with van der Waals surface area (Å²) in [5.41, 5.74) is 0. The highest BCUT2D eigenvalue weighted by molar-refractivity contribution is 7.87. The number of hydrogen-bond donors (Lipinski definition) is 0. The monoisotopic (exact) mass is 192 g/mol. The van der Waals surface area contributed by atoms with E-state index in [0.717, 1.165) is 0 Å². The second-order valence-corrected chi connectivity index (χ2v) is 5.26. The average Bonchev–Trinajstić information content (AvgIpc) is 2.37. The van der Waals surface area contributed by atoms with Crippen LogP contribution in [-0.2, 0) is 19.0 Å². The third kappa shape index (κ3) is 1.08. The lowest BCUT2D eigenvalue weighted by Crippen LogP contribution is -2.25. The average molecular weight is 192 g/mol. The summed E-state index contributed by atoms with van der Waals surface area (Å²) in [5.74, 6) is 0. The van der Waals surface area contributed by atoms with Crippen molar-refractivity contribution in [2.24, 2.45) is 0 Å². The van der Waals surface area contributed by atoms with E-state index in [9.17, 15) is 8.42 Å². The lowest BCUT2D eigenvalue weighted by atomic mass is 10.1. The summed E-state index contributed by atoms with van der Waals surface area (Å²) in [4.78, 5) is 0. The minimum absolute atomic E-state index is 0.0427. The van der Waals surface area contributed by atoms with E-state index in [2.05, 4.69) is 0 Å². The molecule has 4 unspecified atom stereocenters. The van der Waals surface area contributed by atoms with E-state index in [0.29, 0.717) is 6.42 Å². The second-order valence-electron chi connectivity index (χ2n) is 3.48. The fraction of sp³-hybridized carbons (Fsp3) is 1.00. The molecule has 0 aliphatic carbocycles. The molecule has 2 saturated heterocycles. The Bertz CT molecular complexity index is 284. The molecule has 5 heteroatoms. The Morgan fingerprint density at radius 3 is 2.58 bits per heavy atom. The summed E-state index contributed by atoms with van der Waals surface area (Å²) >= 11 is 0. The van der Waals surface area contributed by atoms with Crippen LogP contribution in [0, 0.1) is 0 Å². The van der Waals surface area contributed by atoms with Crippen molar-refractivity contribution in [3.63, 3.8) is 0 Å². The highest BCUT2D eigenvalue weighted by Gasteiger charge is 2.52. The van der Waals surface area contributed by atoms with E-state index in [1.807, 2.05) is 6.92 Å². The van der Waals surface area contributed by atoms with Crippen LogP contribution in [-0.4, -0.2) is 32.0 Å². The van der Waals surface area contributed by atoms with Gasteiger partial charge in [-0.2, -0.15) is 8.42 Å². The maximum Gasteiger partial charge on any atom is 0.273 e. The molecule has 4 nitrogen and oxygen atoms in total. The summed E-state index contributed by atoms with van der Waals surface area (Å²) < 4.78 is 32.8. The van der Waals surface area contributed by atoms with Crippen LogP contribution in [0.2, 0.25) is 0 Å². The van der Waals surface area contributed by atoms with E-state index in [1.165, 1.54) is 0 Å². The van der Waals surface area contributed by atoms with Gasteiger partial charge in [-0.25, -0.2) is 0 Å². The minimum atomic E-state index is -3.33. The third-order valence-corrected chi connectivity index (χ3v) is 4.21. The fourth-order valence-electron chi connectivity index (χ4n) is 1.91. The van der Waals surface area contributed by atoms with Crippen molar-refractivity contribution in [3.05, 3.63) is 0 Å². The maximum atomic E-state index is 11.3.